The molecule has 4 aliphatic heterocycles. The van der Waals surface area contributed by atoms with Crippen LogP contribution in [0, 0.1) is 0 Å². The highest BCUT2D eigenvalue weighted by molar-refractivity contribution is 5.22. The molecule has 4 saturated heterocycles. The number of aliphatic hydroxyl groups is 16. The Kier molecular flexibility index (Phi) is 15.3. The first-order valence-electron chi connectivity index (χ1n) is 17.6. The third kappa shape index (κ3) is 9.03. The van der Waals surface area contributed by atoms with Gasteiger partial charge in [-0.25, -0.2) is 0 Å². The van der Waals surface area contributed by atoms with Gasteiger partial charge in [0.15, 0.2) is 25.2 Å². The van der Waals surface area contributed by atoms with Crippen molar-refractivity contribution in [2.45, 2.75) is 154 Å². The normalized spacial score (nSPS) is 52.5. The Bertz CT molecular complexity index is 1250. The monoisotopic (exact) mass is 807 g/mol. The molecule has 0 saturated carbocycles. The van der Waals surface area contributed by atoms with Crippen LogP contribution in [-0.4, -0.2) is 255 Å². The minimum Gasteiger partial charge on any atom is -0.394 e. The van der Waals surface area contributed by atoms with E-state index in [1.807, 2.05) is 0 Å². The molecule has 24 heteroatoms. The molecule has 24 nitrogen and oxygen atoms in total. The fourth-order valence-corrected chi connectivity index (χ4v) is 7.22. The molecule has 0 spiro atoms. The molecule has 1 aliphatic carbocycles. The Hall–Kier alpha value is -1.22. The van der Waals surface area contributed by atoms with Gasteiger partial charge in [-0.15, -0.1) is 0 Å². The van der Waals surface area contributed by atoms with Gasteiger partial charge in [-0.2, -0.15) is 0 Å². The van der Waals surface area contributed by atoms with Crippen molar-refractivity contribution in [3.8, 4) is 0 Å². The lowest BCUT2D eigenvalue weighted by molar-refractivity contribution is -0.396. The standard InChI is InChI=1S/C31H53NO23/c1-7-13(32-9-2-8(3-33)14(37)18(41)15(9)38)17(40)22(45)28(49-7)53-26-11(5-35)51-29(24(47)20(26)43)54-27-12(6-36)52-31(25(48)21(27)44)55-30-23(46)19(42)16(39)10(4-34)50-30/h2,7,9-48H,3-6H2,1H3/t7?,9?,10?,11?,12?,13-,14?,15?,16-,17?,18?,19?,20?,21?,22+,23+,24+,25+,26-,27-,28-,29-,30-,31-/m1/s1. The van der Waals surface area contributed by atoms with Crippen LogP contribution in [0.3, 0.4) is 0 Å². The van der Waals surface area contributed by atoms with Crippen LogP contribution >= 0.6 is 0 Å². The quantitative estimate of drug-likeness (QED) is 0.0814. The van der Waals surface area contributed by atoms with Gasteiger partial charge in [0.2, 0.25) is 0 Å². The van der Waals surface area contributed by atoms with Crippen molar-refractivity contribution in [2.24, 2.45) is 0 Å². The van der Waals surface area contributed by atoms with Crippen LogP contribution in [-0.2, 0) is 33.2 Å². The zero-order valence-electron chi connectivity index (χ0n) is 29.3. The SMILES string of the molecule is CC1O[C@H](O[C@@H]2C(CO)O[C@H](O[C@@H]3C(CO)O[C@H](O[C@H]4OC(CO)[C@@H](O)C(O)[C@@H]4O)[C@@H](O)C3O)[C@@H](O)C2O)[C@@H](O)C(O)[C@@H]1NC1C=C(CO)C(O)C(O)C1O. The lowest BCUT2D eigenvalue weighted by atomic mass is 9.86. The summed E-state index contributed by atoms with van der Waals surface area (Å²) in [7, 11) is 0. The van der Waals surface area contributed by atoms with E-state index in [1.54, 1.807) is 0 Å². The number of ether oxygens (including phenoxy) is 7. The lowest BCUT2D eigenvalue weighted by Crippen LogP contribution is -2.68. The molecule has 0 aromatic carbocycles. The fourth-order valence-electron chi connectivity index (χ4n) is 7.22. The van der Waals surface area contributed by atoms with Crippen molar-refractivity contribution in [2.75, 3.05) is 26.4 Å². The van der Waals surface area contributed by atoms with Crippen LogP contribution in [0.15, 0.2) is 11.6 Å². The van der Waals surface area contributed by atoms with Crippen LogP contribution in [0.4, 0.5) is 0 Å². The highest BCUT2D eigenvalue weighted by Gasteiger charge is 2.55. The van der Waals surface area contributed by atoms with Crippen molar-refractivity contribution in [3.05, 3.63) is 11.6 Å². The Balaban J connectivity index is 1.21. The summed E-state index contributed by atoms with van der Waals surface area (Å²) in [5.41, 5.74) is -0.00303. The lowest BCUT2D eigenvalue weighted by Gasteiger charge is -2.49. The molecule has 0 radical (unpaired) electrons. The molecule has 17 N–H and O–H groups in total. The Morgan fingerprint density at radius 2 is 0.927 bits per heavy atom. The maximum Gasteiger partial charge on any atom is 0.189 e. The first-order chi connectivity index (χ1) is 26.0. The van der Waals surface area contributed by atoms with Gasteiger partial charge in [0.25, 0.3) is 0 Å². The summed E-state index contributed by atoms with van der Waals surface area (Å²) in [6, 6.07) is -2.25. The molecule has 0 bridgehead atoms. The van der Waals surface area contributed by atoms with Crippen molar-refractivity contribution in [1.29, 1.82) is 0 Å². The van der Waals surface area contributed by atoms with Crippen molar-refractivity contribution < 1.29 is 115 Å². The molecule has 4 fully saturated rings. The molecular weight excluding hydrogens is 754 g/mol. The second kappa shape index (κ2) is 18.8. The average molecular weight is 808 g/mol. The molecule has 5 rings (SSSR count). The highest BCUT2D eigenvalue weighted by Crippen LogP contribution is 2.34. The number of rotatable bonds is 12. The number of hydrogen-bond acceptors (Lipinski definition) is 24. The van der Waals surface area contributed by atoms with E-state index in [-0.39, 0.29) is 5.57 Å². The topological polar surface area (TPSA) is 400 Å². The Labute approximate surface area is 312 Å². The first kappa shape index (κ1) is 44.9. The number of hydrogen-bond donors (Lipinski definition) is 17. The zero-order chi connectivity index (χ0) is 40.6. The summed E-state index contributed by atoms with van der Waals surface area (Å²) in [6.45, 7) is -1.81. The van der Waals surface area contributed by atoms with Gasteiger partial charge in [-0.3, -0.25) is 0 Å². The molecule has 12 unspecified atom stereocenters. The van der Waals surface area contributed by atoms with Crippen molar-refractivity contribution in [3.63, 3.8) is 0 Å². The van der Waals surface area contributed by atoms with Gasteiger partial charge >= 0.3 is 0 Å². The van der Waals surface area contributed by atoms with Crippen molar-refractivity contribution >= 4 is 0 Å². The van der Waals surface area contributed by atoms with Crippen LogP contribution < -0.4 is 5.32 Å². The van der Waals surface area contributed by atoms with Crippen LogP contribution in [0.5, 0.6) is 0 Å². The van der Waals surface area contributed by atoms with Gasteiger partial charge in [-0.1, -0.05) is 6.08 Å². The average Bonchev–Trinajstić information content (AvgIpc) is 3.17. The molecule has 55 heavy (non-hydrogen) atoms. The van der Waals surface area contributed by atoms with E-state index in [9.17, 15) is 81.7 Å². The molecule has 0 aromatic rings. The molecule has 5 aliphatic rings. The predicted octanol–water partition coefficient (Wildman–Crippen LogP) is -10.7. The van der Waals surface area contributed by atoms with Gasteiger partial charge in [0, 0.05) is 0 Å². The summed E-state index contributed by atoms with van der Waals surface area (Å²) in [6.07, 6.45) is -36.9. The fraction of sp³-hybridized carbons (Fsp3) is 0.935. The van der Waals surface area contributed by atoms with Crippen LogP contribution in [0.2, 0.25) is 0 Å². The molecule has 24 atom stereocenters. The van der Waals surface area contributed by atoms with E-state index in [0.717, 1.165) is 0 Å². The van der Waals surface area contributed by atoms with E-state index < -0.39 is 174 Å². The van der Waals surface area contributed by atoms with E-state index >= 15 is 0 Å². The minimum atomic E-state index is -2.04. The minimum absolute atomic E-state index is 0.00303. The van der Waals surface area contributed by atoms with Gasteiger partial charge in [0.05, 0.1) is 44.6 Å². The highest BCUT2D eigenvalue weighted by atomic mass is 16.8. The number of aliphatic hydroxyl groups excluding tert-OH is 16. The molecule has 4 heterocycles. The summed E-state index contributed by atoms with van der Waals surface area (Å²) in [5, 5.41) is 169. The first-order valence-corrected chi connectivity index (χ1v) is 17.6. The predicted molar refractivity (Wildman–Crippen MR) is 170 cm³/mol. The van der Waals surface area contributed by atoms with Crippen LogP contribution in [0.1, 0.15) is 6.92 Å². The summed E-state index contributed by atoms with van der Waals surface area (Å²) >= 11 is 0. The van der Waals surface area contributed by atoms with Gasteiger partial charge < -0.3 is 120 Å². The molecular formula is C31H53NO23. The van der Waals surface area contributed by atoms with Crippen molar-refractivity contribution in [1.82, 2.24) is 5.32 Å². The maximum absolute atomic E-state index is 11.1. The van der Waals surface area contributed by atoms with E-state index in [2.05, 4.69) is 5.32 Å². The van der Waals surface area contributed by atoms with Crippen LogP contribution in [0.25, 0.3) is 0 Å². The second-order valence-electron chi connectivity index (χ2n) is 14.2. The Morgan fingerprint density at radius 3 is 1.42 bits per heavy atom. The van der Waals surface area contributed by atoms with Gasteiger partial charge in [-0.05, 0) is 12.5 Å². The zero-order valence-corrected chi connectivity index (χ0v) is 29.3. The van der Waals surface area contributed by atoms with E-state index in [4.69, 9.17) is 33.2 Å². The molecule has 320 valence electrons. The maximum atomic E-state index is 11.1. The smallest absolute Gasteiger partial charge is 0.189 e. The number of nitrogens with one attached hydrogen (secondary N) is 1. The Morgan fingerprint density at radius 1 is 0.491 bits per heavy atom. The summed E-state index contributed by atoms with van der Waals surface area (Å²) in [4.78, 5) is 0. The van der Waals surface area contributed by atoms with Gasteiger partial charge in [0.1, 0.15) is 104 Å². The van der Waals surface area contributed by atoms with E-state index in [1.165, 1.54) is 13.0 Å². The second-order valence-corrected chi connectivity index (χ2v) is 14.2. The third-order valence-corrected chi connectivity index (χ3v) is 10.6. The molecule has 0 amide bonds. The molecule has 0 aromatic heterocycles. The largest absolute Gasteiger partial charge is 0.394 e. The summed E-state index contributed by atoms with van der Waals surface area (Å²) < 4.78 is 38.8. The third-order valence-electron chi connectivity index (χ3n) is 10.6. The summed E-state index contributed by atoms with van der Waals surface area (Å²) in [5.74, 6) is 0. The van der Waals surface area contributed by atoms with E-state index in [0.29, 0.717) is 0 Å².